The Morgan fingerprint density at radius 1 is 0.969 bits per heavy atom. The summed E-state index contributed by atoms with van der Waals surface area (Å²) in [5.41, 5.74) is -4.96. The van der Waals surface area contributed by atoms with Crippen LogP contribution in [0.25, 0.3) is 0 Å². The van der Waals surface area contributed by atoms with Gasteiger partial charge in [-0.25, -0.2) is 4.79 Å². The predicted molar refractivity (Wildman–Crippen MR) is 112 cm³/mol. The van der Waals surface area contributed by atoms with Crippen LogP contribution in [0.4, 0.5) is 0 Å². The lowest BCUT2D eigenvalue weighted by Crippen LogP contribution is -2.74. The first-order valence-corrected chi connectivity index (χ1v) is 11.5. The van der Waals surface area contributed by atoms with Gasteiger partial charge in [-0.05, 0) is 56.6 Å². The zero-order chi connectivity index (χ0) is 23.3. The maximum Gasteiger partial charge on any atom is 0.335 e. The first-order valence-electron chi connectivity index (χ1n) is 11.5. The van der Waals surface area contributed by atoms with Crippen LogP contribution in [0.2, 0.25) is 0 Å². The first-order chi connectivity index (χ1) is 14.9. The Labute approximate surface area is 185 Å². The summed E-state index contributed by atoms with van der Waals surface area (Å²) in [7, 11) is 0. The highest BCUT2D eigenvalue weighted by atomic mass is 16.4. The van der Waals surface area contributed by atoms with Gasteiger partial charge in [-0.15, -0.1) is 0 Å². The molecule has 176 valence electrons. The fraction of sp³-hybridized carbons (Fsp3) is 0.750. The number of ketones is 1. The highest BCUT2D eigenvalue weighted by Crippen LogP contribution is 2.70. The third kappa shape index (κ3) is 2.50. The number of hydrogen-bond acceptors (Lipinski definition) is 8. The second kappa shape index (κ2) is 6.73. The Kier molecular flexibility index (Phi) is 4.67. The SMILES string of the molecule is C[C@]12CC(O)[C@H](O)C[C@@]1(O)CC[C@@H]1[C@@H]2C(O)C(=O)[C@]2(C)[C@@H](c3ccc(=O)oc3)CC[C@]12O. The molecule has 5 N–H and O–H groups in total. The summed E-state index contributed by atoms with van der Waals surface area (Å²) in [6.07, 6.45) is -0.712. The zero-order valence-electron chi connectivity index (χ0n) is 18.4. The number of hydrogen-bond donors (Lipinski definition) is 5. The topological polar surface area (TPSA) is 148 Å². The van der Waals surface area contributed by atoms with E-state index in [2.05, 4.69) is 0 Å². The number of Topliss-reactive ketones (excluding diaryl/α,β-unsaturated/α-hetero) is 1. The number of carbonyl (C=O) groups excluding carboxylic acids is 1. The minimum Gasteiger partial charge on any atom is -0.431 e. The first kappa shape index (κ1) is 22.2. The van der Waals surface area contributed by atoms with Crippen molar-refractivity contribution in [1.29, 1.82) is 0 Å². The quantitative estimate of drug-likeness (QED) is 0.417. The molecule has 4 saturated carbocycles. The van der Waals surface area contributed by atoms with Crippen molar-refractivity contribution in [2.45, 2.75) is 87.8 Å². The van der Waals surface area contributed by atoms with Crippen molar-refractivity contribution < 1.29 is 34.7 Å². The molecular formula is C24H32O8. The molecule has 1 aromatic rings. The minimum absolute atomic E-state index is 0.0316. The van der Waals surface area contributed by atoms with E-state index in [-0.39, 0.29) is 12.8 Å². The van der Waals surface area contributed by atoms with Crippen LogP contribution < -0.4 is 5.63 Å². The van der Waals surface area contributed by atoms with Crippen molar-refractivity contribution in [1.82, 2.24) is 0 Å². The van der Waals surface area contributed by atoms with E-state index < -0.39 is 69.5 Å². The Hall–Kier alpha value is -1.58. The Morgan fingerprint density at radius 3 is 2.31 bits per heavy atom. The van der Waals surface area contributed by atoms with Gasteiger partial charge in [-0.1, -0.05) is 6.92 Å². The van der Waals surface area contributed by atoms with E-state index in [1.165, 1.54) is 12.3 Å². The monoisotopic (exact) mass is 448 g/mol. The molecule has 8 heteroatoms. The molecule has 4 fully saturated rings. The van der Waals surface area contributed by atoms with Crippen LogP contribution in [-0.4, -0.2) is 60.8 Å². The smallest absolute Gasteiger partial charge is 0.335 e. The molecule has 2 unspecified atom stereocenters. The van der Waals surface area contributed by atoms with E-state index in [9.17, 15) is 35.1 Å². The second-order valence-electron chi connectivity index (χ2n) is 11.1. The molecule has 1 aromatic heterocycles. The van der Waals surface area contributed by atoms with Crippen molar-refractivity contribution in [2.75, 3.05) is 0 Å². The van der Waals surface area contributed by atoms with Gasteiger partial charge in [0.1, 0.15) is 6.10 Å². The van der Waals surface area contributed by atoms with E-state index in [0.29, 0.717) is 31.2 Å². The number of carbonyl (C=O) groups is 1. The summed E-state index contributed by atoms with van der Waals surface area (Å²) in [4.78, 5) is 25.2. The molecule has 0 saturated heterocycles. The maximum absolute atomic E-state index is 13.8. The zero-order valence-corrected chi connectivity index (χ0v) is 18.4. The summed E-state index contributed by atoms with van der Waals surface area (Å²) in [5, 5.41) is 55.7. The standard InChI is InChI=1S/C24H32O8/c1-21-9-15(25)16(26)10-23(21,30)7-5-14-18(21)19(28)20(29)22(2)13(6-8-24(14,22)31)12-3-4-17(27)32-11-12/h3-4,11,13-16,18-19,25-26,28,30-31H,5-10H2,1-2H3/t13-,14-,15?,16-,18-,19?,21-,22+,23+,24+/m1/s1. The van der Waals surface area contributed by atoms with Crippen LogP contribution >= 0.6 is 0 Å². The maximum atomic E-state index is 13.8. The molecule has 0 bridgehead atoms. The van der Waals surface area contributed by atoms with Crippen LogP contribution in [-0.2, 0) is 4.79 Å². The van der Waals surface area contributed by atoms with Crippen molar-refractivity contribution in [3.05, 3.63) is 34.4 Å². The Morgan fingerprint density at radius 2 is 1.66 bits per heavy atom. The van der Waals surface area contributed by atoms with Gasteiger partial charge in [0.15, 0.2) is 5.78 Å². The number of aliphatic hydroxyl groups is 5. The van der Waals surface area contributed by atoms with Gasteiger partial charge in [0, 0.05) is 29.7 Å². The average Bonchev–Trinajstić information content (AvgIpc) is 3.01. The van der Waals surface area contributed by atoms with Crippen molar-refractivity contribution in [3.8, 4) is 0 Å². The van der Waals surface area contributed by atoms with Gasteiger partial charge < -0.3 is 29.9 Å². The van der Waals surface area contributed by atoms with Crippen LogP contribution in [0.5, 0.6) is 0 Å². The molecule has 10 atom stereocenters. The van der Waals surface area contributed by atoms with Gasteiger partial charge in [0.05, 0.1) is 35.1 Å². The average molecular weight is 449 g/mol. The van der Waals surface area contributed by atoms with Crippen molar-refractivity contribution in [2.24, 2.45) is 22.7 Å². The van der Waals surface area contributed by atoms with E-state index >= 15 is 0 Å². The van der Waals surface area contributed by atoms with Gasteiger partial charge in [0.2, 0.25) is 0 Å². The second-order valence-corrected chi connectivity index (χ2v) is 11.1. The Balaban J connectivity index is 1.60. The van der Waals surface area contributed by atoms with Crippen LogP contribution in [0, 0.1) is 22.7 Å². The Bertz CT molecular complexity index is 985. The molecule has 0 spiro atoms. The third-order valence-corrected chi connectivity index (χ3v) is 10.00. The lowest BCUT2D eigenvalue weighted by atomic mass is 9.40. The fourth-order valence-electron chi connectivity index (χ4n) is 8.14. The van der Waals surface area contributed by atoms with E-state index in [1.807, 2.05) is 0 Å². The molecule has 0 amide bonds. The summed E-state index contributed by atoms with van der Waals surface area (Å²) in [5.74, 6) is -2.12. The minimum atomic E-state index is -1.43. The van der Waals surface area contributed by atoms with Crippen LogP contribution in [0.3, 0.4) is 0 Å². The summed E-state index contributed by atoms with van der Waals surface area (Å²) < 4.78 is 5.02. The summed E-state index contributed by atoms with van der Waals surface area (Å²) in [6, 6.07) is 2.90. The lowest BCUT2D eigenvalue weighted by Gasteiger charge is -2.66. The molecule has 4 aliphatic carbocycles. The predicted octanol–water partition coefficient (Wildman–Crippen LogP) is 0.477. The van der Waals surface area contributed by atoms with Gasteiger partial charge in [0.25, 0.3) is 0 Å². The lowest BCUT2D eigenvalue weighted by molar-refractivity contribution is -0.277. The molecule has 8 nitrogen and oxygen atoms in total. The molecule has 5 rings (SSSR count). The number of fused-ring (bicyclic) bond motifs is 5. The van der Waals surface area contributed by atoms with Crippen LogP contribution in [0.1, 0.15) is 63.9 Å². The van der Waals surface area contributed by atoms with Gasteiger partial charge in [-0.2, -0.15) is 0 Å². The van der Waals surface area contributed by atoms with Crippen molar-refractivity contribution in [3.63, 3.8) is 0 Å². The molecule has 0 aromatic carbocycles. The number of aliphatic hydroxyl groups excluding tert-OH is 3. The van der Waals surface area contributed by atoms with E-state index in [1.54, 1.807) is 19.9 Å². The third-order valence-electron chi connectivity index (χ3n) is 10.00. The molecule has 4 aliphatic rings. The molecule has 1 heterocycles. The molecular weight excluding hydrogens is 416 g/mol. The van der Waals surface area contributed by atoms with E-state index in [0.717, 1.165) is 0 Å². The highest BCUT2D eigenvalue weighted by molar-refractivity contribution is 5.93. The largest absolute Gasteiger partial charge is 0.431 e. The summed E-state index contributed by atoms with van der Waals surface area (Å²) >= 11 is 0. The number of rotatable bonds is 1. The molecule has 0 radical (unpaired) electrons. The van der Waals surface area contributed by atoms with Crippen LogP contribution in [0.15, 0.2) is 27.6 Å². The van der Waals surface area contributed by atoms with Gasteiger partial charge >= 0.3 is 5.63 Å². The van der Waals surface area contributed by atoms with Gasteiger partial charge in [-0.3, -0.25) is 4.79 Å². The molecule has 32 heavy (non-hydrogen) atoms. The highest BCUT2D eigenvalue weighted by Gasteiger charge is 2.75. The van der Waals surface area contributed by atoms with E-state index in [4.69, 9.17) is 4.42 Å². The summed E-state index contributed by atoms with van der Waals surface area (Å²) in [6.45, 7) is 3.46. The fourth-order valence-corrected chi connectivity index (χ4v) is 8.14. The molecule has 0 aliphatic heterocycles. The normalized spacial score (nSPS) is 52.8. The van der Waals surface area contributed by atoms with Crippen molar-refractivity contribution >= 4 is 5.78 Å².